The Morgan fingerprint density at radius 2 is 2.00 bits per heavy atom. The number of nitrogens with one attached hydrogen (secondary N) is 1. The molecule has 0 bridgehead atoms. The van der Waals surface area contributed by atoms with Crippen LogP contribution in [0.25, 0.3) is 0 Å². The van der Waals surface area contributed by atoms with Gasteiger partial charge in [-0.15, -0.1) is 0 Å². The predicted molar refractivity (Wildman–Crippen MR) is 70.2 cm³/mol. The van der Waals surface area contributed by atoms with E-state index >= 15 is 0 Å². The van der Waals surface area contributed by atoms with Crippen LogP contribution in [0, 0.1) is 5.41 Å². The Hall–Kier alpha value is -0.0400. The van der Waals surface area contributed by atoms with Gasteiger partial charge in [0.1, 0.15) is 5.41 Å². The molecule has 102 valence electrons. The number of thioether (sulfide) groups is 1. The van der Waals surface area contributed by atoms with Gasteiger partial charge in [-0.25, -0.2) is 4.99 Å². The number of carbonyl (C=O) groups is 2. The maximum absolute atomic E-state index is 11.9. The Bertz CT molecular complexity index is 363. The molecule has 5 nitrogen and oxygen atoms in total. The van der Waals surface area contributed by atoms with Gasteiger partial charge in [0.05, 0.1) is 6.02 Å². The number of amidine groups is 1. The molecule has 0 aliphatic carbocycles. The number of nitrogens with zero attached hydrogens (tertiary/aromatic N) is 1. The first-order valence-electron chi connectivity index (χ1n) is 6.26. The Kier molecular flexibility index (Phi) is 8.98. The van der Waals surface area contributed by atoms with E-state index in [2.05, 4.69) is 17.2 Å². The maximum Gasteiger partial charge on any atom is 1.00 e. The van der Waals surface area contributed by atoms with E-state index in [1.165, 1.54) is 0 Å². The molecule has 1 aliphatic heterocycles. The van der Waals surface area contributed by atoms with Crippen molar-refractivity contribution in [3.05, 3.63) is 0 Å². The molecule has 1 heterocycles. The summed E-state index contributed by atoms with van der Waals surface area (Å²) in [6, 6.07) is -0.843. The molecule has 1 N–H and O–H groups in total. The van der Waals surface area contributed by atoms with Crippen molar-refractivity contribution in [2.24, 2.45) is 10.4 Å². The number of hydrogen-bond donors (Lipinski definition) is 1. The van der Waals surface area contributed by atoms with Crippen LogP contribution in [-0.4, -0.2) is 29.3 Å². The van der Waals surface area contributed by atoms with Crippen LogP contribution in [0.3, 0.4) is 0 Å². The predicted octanol–water partition coefficient (Wildman–Crippen LogP) is -2.32. The third kappa shape index (κ3) is 4.77. The Labute approximate surface area is 140 Å². The van der Waals surface area contributed by atoms with Crippen molar-refractivity contribution >= 4 is 29.6 Å². The van der Waals surface area contributed by atoms with Gasteiger partial charge in [-0.3, -0.25) is 9.59 Å². The maximum atomic E-state index is 11.9. The van der Waals surface area contributed by atoms with E-state index in [9.17, 15) is 14.7 Å². The van der Waals surface area contributed by atoms with Gasteiger partial charge in [0.2, 0.25) is 5.91 Å². The average molecular weight is 294 g/mol. The Morgan fingerprint density at radius 1 is 1.32 bits per heavy atom. The molecular formula is C12H19N2NaO3S. The fourth-order valence-corrected chi connectivity index (χ4v) is 3.14. The van der Waals surface area contributed by atoms with Crippen LogP contribution >= 0.6 is 11.8 Å². The van der Waals surface area contributed by atoms with Crippen LogP contribution < -0.4 is 40.0 Å². The summed E-state index contributed by atoms with van der Waals surface area (Å²) in [4.78, 5) is 27.0. The molecule has 0 aromatic carbocycles. The summed E-state index contributed by atoms with van der Waals surface area (Å²) in [5, 5.41) is 13.1. The number of aliphatic imine (C=N–C) groups is 1. The molecule has 0 aromatic heterocycles. The second kappa shape index (κ2) is 9.00. The molecule has 1 rings (SSSR count). The summed E-state index contributed by atoms with van der Waals surface area (Å²) in [7, 11) is 0. The number of hydrogen-bond acceptors (Lipinski definition) is 4. The molecule has 1 atom stereocenters. The number of carbonyl (C=O) groups excluding carboxylic acids is 2. The molecule has 2 amide bonds. The van der Waals surface area contributed by atoms with Gasteiger partial charge >= 0.3 is 29.6 Å². The Balaban J connectivity index is 0.00000324. The summed E-state index contributed by atoms with van der Waals surface area (Å²) in [6.07, 6.45) is 3.74. The van der Waals surface area contributed by atoms with Crippen molar-refractivity contribution in [1.29, 1.82) is 0 Å². The van der Waals surface area contributed by atoms with Gasteiger partial charge in [-0.05, 0) is 18.6 Å². The molecule has 0 aromatic rings. The molecular weight excluding hydrogens is 275 g/mol. The smallest absolute Gasteiger partial charge is 0.846 e. The van der Waals surface area contributed by atoms with Crippen molar-refractivity contribution in [3.63, 3.8) is 0 Å². The van der Waals surface area contributed by atoms with Gasteiger partial charge in [0.15, 0.2) is 0 Å². The normalized spacial score (nSPS) is 22.5. The van der Waals surface area contributed by atoms with E-state index in [4.69, 9.17) is 0 Å². The molecule has 7 heteroatoms. The van der Waals surface area contributed by atoms with Gasteiger partial charge in [0.25, 0.3) is 5.91 Å². The van der Waals surface area contributed by atoms with Crippen LogP contribution in [0.1, 0.15) is 39.5 Å². The van der Waals surface area contributed by atoms with Crippen molar-refractivity contribution < 1.29 is 44.3 Å². The van der Waals surface area contributed by atoms with Crippen LogP contribution in [0.2, 0.25) is 0 Å². The summed E-state index contributed by atoms with van der Waals surface area (Å²) >= 11 is 1.58. The number of rotatable bonds is 7. The first-order valence-corrected chi connectivity index (χ1v) is 7.41. The van der Waals surface area contributed by atoms with E-state index in [1.807, 2.05) is 0 Å². The third-order valence-corrected chi connectivity index (χ3v) is 4.39. The van der Waals surface area contributed by atoms with Crippen molar-refractivity contribution in [3.8, 4) is 0 Å². The third-order valence-electron chi connectivity index (χ3n) is 3.11. The van der Waals surface area contributed by atoms with Gasteiger partial charge in [-0.2, -0.15) is 11.8 Å². The van der Waals surface area contributed by atoms with E-state index in [0.717, 1.165) is 25.0 Å². The van der Waals surface area contributed by atoms with E-state index in [-0.39, 0.29) is 29.6 Å². The van der Waals surface area contributed by atoms with Crippen LogP contribution in [0.4, 0.5) is 0 Å². The topological polar surface area (TPSA) is 81.6 Å². The Morgan fingerprint density at radius 3 is 2.53 bits per heavy atom. The van der Waals surface area contributed by atoms with Gasteiger partial charge in [0, 0.05) is 5.75 Å². The summed E-state index contributed by atoms with van der Waals surface area (Å²) in [6.45, 7) is 3.90. The molecule has 1 unspecified atom stereocenters. The molecule has 0 fully saturated rings. The molecule has 0 saturated carbocycles. The van der Waals surface area contributed by atoms with Crippen molar-refractivity contribution in [2.45, 2.75) is 39.5 Å². The summed E-state index contributed by atoms with van der Waals surface area (Å²) in [5.41, 5.74) is -1.15. The first-order chi connectivity index (χ1) is 8.56. The van der Waals surface area contributed by atoms with Crippen molar-refractivity contribution in [1.82, 2.24) is 5.32 Å². The quantitative estimate of drug-likeness (QED) is 0.325. The van der Waals surface area contributed by atoms with Gasteiger partial charge < -0.3 is 10.4 Å². The first kappa shape index (κ1) is 19.0. The van der Waals surface area contributed by atoms with Gasteiger partial charge in [-0.1, -0.05) is 26.7 Å². The SMILES string of the molecule is CCCCCSCC1(CC)C(=O)N=C([O-])NC1=O.[Na+]. The van der Waals surface area contributed by atoms with E-state index in [0.29, 0.717) is 12.2 Å². The zero-order valence-electron chi connectivity index (χ0n) is 11.8. The second-order valence-corrected chi connectivity index (χ2v) is 5.48. The number of unbranched alkanes of at least 4 members (excludes halogenated alkanes) is 2. The minimum absolute atomic E-state index is 0. The molecule has 19 heavy (non-hydrogen) atoms. The van der Waals surface area contributed by atoms with Crippen LogP contribution in [-0.2, 0) is 9.59 Å². The van der Waals surface area contributed by atoms with Crippen molar-refractivity contribution in [2.75, 3.05) is 11.5 Å². The molecule has 0 radical (unpaired) electrons. The monoisotopic (exact) mass is 294 g/mol. The van der Waals surface area contributed by atoms with E-state index in [1.54, 1.807) is 18.7 Å². The molecule has 0 saturated heterocycles. The van der Waals surface area contributed by atoms with E-state index < -0.39 is 23.3 Å². The standard InChI is InChI=1S/C12H20N2O3S.Na/c1-3-5-6-7-18-8-12(4-2)9(15)13-11(17)14-10(12)16;/h3-8H2,1-2H3,(H2,13,14,15,16,17);/q;+1/p-1. The molecule has 0 spiro atoms. The minimum atomic E-state index is -1.15. The second-order valence-electron chi connectivity index (χ2n) is 4.37. The summed E-state index contributed by atoms with van der Waals surface area (Å²) in [5.74, 6) is 0.221. The van der Waals surface area contributed by atoms with Crippen LogP contribution in [0.5, 0.6) is 0 Å². The summed E-state index contributed by atoms with van der Waals surface area (Å²) < 4.78 is 0. The zero-order chi connectivity index (χ0) is 13.6. The largest absolute Gasteiger partial charge is 1.00 e. The number of amides is 2. The zero-order valence-corrected chi connectivity index (χ0v) is 14.6. The average Bonchev–Trinajstić information content (AvgIpc) is 2.32. The fraction of sp³-hybridized carbons (Fsp3) is 0.750. The fourth-order valence-electron chi connectivity index (χ4n) is 1.78. The van der Waals surface area contributed by atoms with Crippen LogP contribution in [0.15, 0.2) is 4.99 Å². The molecule has 1 aliphatic rings. The minimum Gasteiger partial charge on any atom is -0.846 e.